The van der Waals surface area contributed by atoms with Gasteiger partial charge in [0.1, 0.15) is 0 Å². The lowest BCUT2D eigenvalue weighted by Crippen LogP contribution is -2.36. The maximum Gasteiger partial charge on any atom is 0.0639 e. The van der Waals surface area contributed by atoms with Gasteiger partial charge in [0.15, 0.2) is 0 Å². The topological polar surface area (TPSA) is 56.6 Å². The van der Waals surface area contributed by atoms with E-state index in [9.17, 15) is 10.2 Å². The van der Waals surface area contributed by atoms with Crippen molar-refractivity contribution in [3.63, 3.8) is 0 Å². The molecule has 1 aromatic heterocycles. The Labute approximate surface area is 96.6 Å². The van der Waals surface area contributed by atoms with Crippen LogP contribution in [0.1, 0.15) is 19.5 Å². The third-order valence-electron chi connectivity index (χ3n) is 2.16. The first kappa shape index (κ1) is 13.1. The summed E-state index contributed by atoms with van der Waals surface area (Å²) in [6.45, 7) is 5.22. The summed E-state index contributed by atoms with van der Waals surface area (Å²) < 4.78 is 0. The average molecular weight is 224 g/mol. The molecule has 0 aliphatic rings. The molecular formula is C12H20N2O2. The average Bonchev–Trinajstić information content (AvgIpc) is 2.16. The highest BCUT2D eigenvalue weighted by atomic mass is 16.3. The van der Waals surface area contributed by atoms with Crippen LogP contribution in [0.4, 0.5) is 0 Å². The lowest BCUT2D eigenvalue weighted by atomic mass is 10.2. The van der Waals surface area contributed by atoms with Gasteiger partial charge in [0.2, 0.25) is 0 Å². The van der Waals surface area contributed by atoms with Crippen molar-refractivity contribution in [3.05, 3.63) is 30.1 Å². The lowest BCUT2D eigenvalue weighted by Gasteiger charge is -2.24. The van der Waals surface area contributed by atoms with E-state index in [2.05, 4.69) is 4.98 Å². The number of nitrogens with zero attached hydrogens (tertiary/aromatic N) is 2. The molecule has 0 aromatic carbocycles. The molecule has 0 aliphatic heterocycles. The van der Waals surface area contributed by atoms with Crippen LogP contribution in [0.3, 0.4) is 0 Å². The zero-order valence-electron chi connectivity index (χ0n) is 9.87. The molecule has 0 bridgehead atoms. The summed E-state index contributed by atoms with van der Waals surface area (Å²) in [6.07, 6.45) is 0.947. The highest BCUT2D eigenvalue weighted by Crippen LogP contribution is 2.03. The van der Waals surface area contributed by atoms with Gasteiger partial charge in [-0.05, 0) is 26.0 Å². The van der Waals surface area contributed by atoms with E-state index in [0.29, 0.717) is 19.6 Å². The van der Waals surface area contributed by atoms with Crippen molar-refractivity contribution in [2.24, 2.45) is 0 Å². The quantitative estimate of drug-likeness (QED) is 0.744. The molecule has 2 atom stereocenters. The summed E-state index contributed by atoms with van der Waals surface area (Å²) >= 11 is 0. The minimum atomic E-state index is -0.400. The van der Waals surface area contributed by atoms with Crippen molar-refractivity contribution in [3.8, 4) is 0 Å². The van der Waals surface area contributed by atoms with Crippen molar-refractivity contribution in [2.75, 3.05) is 13.1 Å². The molecular weight excluding hydrogens is 204 g/mol. The van der Waals surface area contributed by atoms with Gasteiger partial charge in [0, 0.05) is 25.8 Å². The Balaban J connectivity index is 2.56. The Kier molecular flexibility index (Phi) is 5.38. The van der Waals surface area contributed by atoms with Crippen LogP contribution in [0.5, 0.6) is 0 Å². The molecule has 2 unspecified atom stereocenters. The summed E-state index contributed by atoms with van der Waals surface area (Å²) in [6, 6.07) is 5.75. The van der Waals surface area contributed by atoms with Gasteiger partial charge >= 0.3 is 0 Å². The highest BCUT2D eigenvalue weighted by molar-refractivity contribution is 5.03. The van der Waals surface area contributed by atoms with E-state index in [0.717, 1.165) is 5.69 Å². The summed E-state index contributed by atoms with van der Waals surface area (Å²) in [5.74, 6) is 0. The van der Waals surface area contributed by atoms with Crippen LogP contribution < -0.4 is 0 Å². The van der Waals surface area contributed by atoms with E-state index in [1.165, 1.54) is 0 Å². The second-order valence-corrected chi connectivity index (χ2v) is 4.21. The molecule has 90 valence electrons. The molecule has 0 spiro atoms. The van der Waals surface area contributed by atoms with Gasteiger partial charge in [0.25, 0.3) is 0 Å². The summed E-state index contributed by atoms with van der Waals surface area (Å²) in [5.41, 5.74) is 0.948. The first-order valence-electron chi connectivity index (χ1n) is 5.56. The van der Waals surface area contributed by atoms with Crippen LogP contribution in [-0.4, -0.2) is 45.4 Å². The van der Waals surface area contributed by atoms with Crippen molar-refractivity contribution in [1.29, 1.82) is 0 Å². The standard InChI is InChI=1S/C12H20N2O2/c1-10(15)7-14(8-11(2)16)9-12-5-3-4-6-13-12/h3-6,10-11,15-16H,7-9H2,1-2H3. The number of hydrogen-bond donors (Lipinski definition) is 2. The van der Waals surface area contributed by atoms with Crippen molar-refractivity contribution in [2.45, 2.75) is 32.6 Å². The van der Waals surface area contributed by atoms with Crippen LogP contribution in [0, 0.1) is 0 Å². The molecule has 2 N–H and O–H groups in total. The van der Waals surface area contributed by atoms with E-state index < -0.39 is 12.2 Å². The summed E-state index contributed by atoms with van der Waals surface area (Å²) in [7, 11) is 0. The highest BCUT2D eigenvalue weighted by Gasteiger charge is 2.11. The second-order valence-electron chi connectivity index (χ2n) is 4.21. The fourth-order valence-electron chi connectivity index (χ4n) is 1.67. The van der Waals surface area contributed by atoms with Gasteiger partial charge in [0.05, 0.1) is 17.9 Å². The molecule has 0 saturated heterocycles. The van der Waals surface area contributed by atoms with Crippen molar-refractivity contribution >= 4 is 0 Å². The minimum absolute atomic E-state index is 0.400. The monoisotopic (exact) mass is 224 g/mol. The SMILES string of the molecule is CC(O)CN(Cc1ccccn1)CC(C)O. The van der Waals surface area contributed by atoms with Gasteiger partial charge in [-0.3, -0.25) is 9.88 Å². The molecule has 4 heteroatoms. The third-order valence-corrected chi connectivity index (χ3v) is 2.16. The Morgan fingerprint density at radius 3 is 2.25 bits per heavy atom. The van der Waals surface area contributed by atoms with Crippen LogP contribution in [0.25, 0.3) is 0 Å². The van der Waals surface area contributed by atoms with E-state index >= 15 is 0 Å². The fraction of sp³-hybridized carbons (Fsp3) is 0.583. The first-order valence-corrected chi connectivity index (χ1v) is 5.56. The number of pyridine rings is 1. The Bertz CT molecular complexity index is 278. The molecule has 1 heterocycles. The first-order chi connectivity index (χ1) is 7.58. The van der Waals surface area contributed by atoms with E-state index in [1.54, 1.807) is 20.0 Å². The van der Waals surface area contributed by atoms with E-state index in [4.69, 9.17) is 0 Å². The molecule has 1 rings (SSSR count). The third kappa shape index (κ3) is 5.21. The largest absolute Gasteiger partial charge is 0.392 e. The maximum absolute atomic E-state index is 9.37. The van der Waals surface area contributed by atoms with Crippen molar-refractivity contribution < 1.29 is 10.2 Å². The van der Waals surface area contributed by atoms with Gasteiger partial charge < -0.3 is 10.2 Å². The molecule has 0 fully saturated rings. The normalized spacial score (nSPS) is 15.1. The molecule has 0 amide bonds. The molecule has 0 aliphatic carbocycles. The number of aromatic nitrogens is 1. The number of aliphatic hydroxyl groups is 2. The fourth-order valence-corrected chi connectivity index (χ4v) is 1.67. The van der Waals surface area contributed by atoms with Gasteiger partial charge in [-0.2, -0.15) is 0 Å². The van der Waals surface area contributed by atoms with Crippen molar-refractivity contribution in [1.82, 2.24) is 9.88 Å². The Hall–Kier alpha value is -0.970. The maximum atomic E-state index is 9.37. The van der Waals surface area contributed by atoms with Gasteiger partial charge in [-0.15, -0.1) is 0 Å². The van der Waals surface area contributed by atoms with E-state index in [1.807, 2.05) is 23.1 Å². The molecule has 0 saturated carbocycles. The lowest BCUT2D eigenvalue weighted by molar-refractivity contribution is 0.0787. The summed E-state index contributed by atoms with van der Waals surface area (Å²) in [5, 5.41) is 18.7. The van der Waals surface area contributed by atoms with Gasteiger partial charge in [-0.1, -0.05) is 6.07 Å². The number of aliphatic hydroxyl groups excluding tert-OH is 2. The van der Waals surface area contributed by atoms with Gasteiger partial charge in [-0.25, -0.2) is 0 Å². The molecule has 16 heavy (non-hydrogen) atoms. The number of hydrogen-bond acceptors (Lipinski definition) is 4. The minimum Gasteiger partial charge on any atom is -0.392 e. The van der Waals surface area contributed by atoms with Crippen LogP contribution in [0.15, 0.2) is 24.4 Å². The van der Waals surface area contributed by atoms with Crippen LogP contribution >= 0.6 is 0 Å². The second kappa shape index (κ2) is 6.58. The van der Waals surface area contributed by atoms with Crippen LogP contribution in [0.2, 0.25) is 0 Å². The predicted octanol–water partition coefficient (Wildman–Crippen LogP) is 0.645. The zero-order valence-corrected chi connectivity index (χ0v) is 9.87. The zero-order chi connectivity index (χ0) is 12.0. The van der Waals surface area contributed by atoms with E-state index in [-0.39, 0.29) is 0 Å². The van der Waals surface area contributed by atoms with Crippen LogP contribution in [-0.2, 0) is 6.54 Å². The Morgan fingerprint density at radius 1 is 1.19 bits per heavy atom. The molecule has 1 aromatic rings. The molecule has 4 nitrogen and oxygen atoms in total. The number of rotatable bonds is 6. The smallest absolute Gasteiger partial charge is 0.0639 e. The predicted molar refractivity (Wildman–Crippen MR) is 62.9 cm³/mol. The Morgan fingerprint density at radius 2 is 1.81 bits per heavy atom. The molecule has 0 radical (unpaired) electrons. The summed E-state index contributed by atoms with van der Waals surface area (Å²) in [4.78, 5) is 6.23.